The molecule has 4 fully saturated rings. The van der Waals surface area contributed by atoms with Crippen molar-refractivity contribution in [3.8, 4) is 0 Å². The van der Waals surface area contributed by atoms with Crippen molar-refractivity contribution in [2.24, 2.45) is 41.4 Å². The lowest BCUT2D eigenvalue weighted by Crippen LogP contribution is -2.46. The molecule has 9 heteroatoms. The fraction of sp³-hybridized carbons (Fsp3) is 0.538. The molecule has 6 nitrogen and oxygen atoms in total. The van der Waals surface area contributed by atoms with E-state index in [4.69, 9.17) is 0 Å². The van der Waals surface area contributed by atoms with Gasteiger partial charge in [0, 0.05) is 11.8 Å². The van der Waals surface area contributed by atoms with Gasteiger partial charge < -0.3 is 0 Å². The van der Waals surface area contributed by atoms with Crippen molar-refractivity contribution in [2.75, 3.05) is 0 Å². The third-order valence-corrected chi connectivity index (χ3v) is 10.9. The van der Waals surface area contributed by atoms with Gasteiger partial charge in [-0.3, -0.25) is 9.59 Å². The van der Waals surface area contributed by atoms with Crippen molar-refractivity contribution in [1.29, 1.82) is 0 Å². The number of carbonyl (C=O) groups excluding carboxylic acids is 2. The number of fused-ring (bicyclic) bond motifs is 9. The summed E-state index contributed by atoms with van der Waals surface area (Å²) in [5.74, 6) is 0.397. The SMILES string of the molecule is O=C1c2cccc3cccc(c23)C(=O)N1OS(=O)(=O)C(F)(F)CC1CC2CC1C1C3CCC(C3)C21. The molecule has 0 radical (unpaired) electrons. The first-order valence-electron chi connectivity index (χ1n) is 12.4. The van der Waals surface area contributed by atoms with Gasteiger partial charge in [0.05, 0.1) is 11.1 Å². The molecule has 4 saturated carbocycles. The van der Waals surface area contributed by atoms with Crippen LogP contribution in [-0.4, -0.2) is 30.5 Å². The molecule has 1 heterocycles. The molecule has 2 aromatic rings. The summed E-state index contributed by atoms with van der Waals surface area (Å²) in [4.78, 5) is 25.9. The molecule has 2 aromatic carbocycles. The quantitative estimate of drug-likeness (QED) is 0.426. The standard InChI is InChI=1S/C26H25F2NO5S/c27-26(28,12-17-10-16-11-20(17)23-15-8-7-14(9-15)21(16)23)35(32,33)34-29-24(30)18-5-1-3-13-4-2-6-19(22(13)18)25(29)31/h1-6,14-17,20-21,23H,7-12H2. The summed E-state index contributed by atoms with van der Waals surface area (Å²) in [6.07, 6.45) is 4.30. The summed E-state index contributed by atoms with van der Waals surface area (Å²) in [6, 6.07) is 9.41. The van der Waals surface area contributed by atoms with Gasteiger partial charge in [-0.05, 0) is 91.0 Å². The smallest absolute Gasteiger partial charge is 0.266 e. The highest BCUT2D eigenvalue weighted by molar-refractivity contribution is 7.87. The first-order valence-corrected chi connectivity index (χ1v) is 13.8. The number of rotatable bonds is 5. The number of amides is 2. The van der Waals surface area contributed by atoms with E-state index in [0.29, 0.717) is 40.9 Å². The average molecular weight is 502 g/mol. The van der Waals surface area contributed by atoms with E-state index >= 15 is 8.78 Å². The van der Waals surface area contributed by atoms with Crippen LogP contribution in [0.25, 0.3) is 10.8 Å². The van der Waals surface area contributed by atoms with Gasteiger partial charge in [-0.15, -0.1) is 9.35 Å². The largest absolute Gasteiger partial charge is 0.372 e. The minimum Gasteiger partial charge on any atom is -0.266 e. The van der Waals surface area contributed by atoms with E-state index in [0.717, 1.165) is 18.8 Å². The lowest BCUT2D eigenvalue weighted by molar-refractivity contribution is -0.0362. The second kappa shape index (κ2) is 7.09. The number of benzene rings is 2. The van der Waals surface area contributed by atoms with Crippen molar-refractivity contribution in [3.05, 3.63) is 47.5 Å². The van der Waals surface area contributed by atoms with Crippen molar-refractivity contribution in [3.63, 3.8) is 0 Å². The zero-order valence-electron chi connectivity index (χ0n) is 18.9. The van der Waals surface area contributed by atoms with Crippen LogP contribution < -0.4 is 0 Å². The summed E-state index contributed by atoms with van der Waals surface area (Å²) in [5.41, 5.74) is 0.0679. The maximum absolute atomic E-state index is 15.3. The van der Waals surface area contributed by atoms with E-state index in [9.17, 15) is 18.0 Å². The monoisotopic (exact) mass is 501 g/mol. The van der Waals surface area contributed by atoms with E-state index in [1.54, 1.807) is 24.3 Å². The van der Waals surface area contributed by atoms with Gasteiger partial charge in [0.2, 0.25) is 0 Å². The van der Waals surface area contributed by atoms with Crippen LogP contribution in [0.5, 0.6) is 0 Å². The van der Waals surface area contributed by atoms with Crippen LogP contribution in [0.4, 0.5) is 8.78 Å². The number of halogens is 2. The lowest BCUT2D eigenvalue weighted by atomic mass is 9.67. The highest BCUT2D eigenvalue weighted by Gasteiger charge is 2.64. The molecule has 7 rings (SSSR count). The topological polar surface area (TPSA) is 80.8 Å². The van der Waals surface area contributed by atoms with E-state index in [2.05, 4.69) is 4.28 Å². The molecule has 4 aliphatic carbocycles. The average Bonchev–Trinajstić information content (AvgIpc) is 3.60. The van der Waals surface area contributed by atoms with Gasteiger partial charge in [0.15, 0.2) is 0 Å². The fourth-order valence-electron chi connectivity index (χ4n) is 8.57. The van der Waals surface area contributed by atoms with Crippen LogP contribution >= 0.6 is 0 Å². The zero-order chi connectivity index (χ0) is 24.3. The number of hydrogen-bond acceptors (Lipinski definition) is 5. The highest BCUT2D eigenvalue weighted by atomic mass is 32.2. The Morgan fingerprint density at radius 3 is 2.17 bits per heavy atom. The predicted molar refractivity (Wildman–Crippen MR) is 122 cm³/mol. The Morgan fingerprint density at radius 1 is 0.886 bits per heavy atom. The van der Waals surface area contributed by atoms with Crippen molar-refractivity contribution >= 4 is 32.7 Å². The van der Waals surface area contributed by atoms with Gasteiger partial charge >= 0.3 is 15.4 Å². The van der Waals surface area contributed by atoms with Gasteiger partial charge in [-0.1, -0.05) is 24.3 Å². The normalized spacial score (nSPS) is 35.4. The Morgan fingerprint density at radius 2 is 1.51 bits per heavy atom. The van der Waals surface area contributed by atoms with Gasteiger partial charge in [0.1, 0.15) is 0 Å². The number of carbonyl (C=O) groups is 2. The minimum absolute atomic E-state index is 0.0207. The van der Waals surface area contributed by atoms with Crippen LogP contribution in [-0.2, 0) is 14.4 Å². The minimum atomic E-state index is -5.58. The molecule has 184 valence electrons. The molecule has 1 aliphatic heterocycles. The first-order chi connectivity index (χ1) is 16.7. The number of imide groups is 1. The van der Waals surface area contributed by atoms with Crippen LogP contribution in [0.2, 0.25) is 0 Å². The third-order valence-electron chi connectivity index (χ3n) is 9.64. The number of hydrogen-bond donors (Lipinski definition) is 0. The Balaban J connectivity index is 1.13. The molecule has 0 spiro atoms. The molecular formula is C26H25F2NO5S. The van der Waals surface area contributed by atoms with Crippen molar-refractivity contribution in [1.82, 2.24) is 5.06 Å². The summed E-state index contributed by atoms with van der Waals surface area (Å²) < 4.78 is 60.8. The van der Waals surface area contributed by atoms with Crippen molar-refractivity contribution < 1.29 is 31.1 Å². The highest BCUT2D eigenvalue weighted by Crippen LogP contribution is 2.69. The fourth-order valence-corrected chi connectivity index (χ4v) is 9.43. The molecule has 0 aromatic heterocycles. The maximum Gasteiger partial charge on any atom is 0.372 e. The molecular weight excluding hydrogens is 476 g/mol. The third kappa shape index (κ3) is 2.91. The van der Waals surface area contributed by atoms with E-state index in [1.807, 2.05) is 0 Å². The van der Waals surface area contributed by atoms with Crippen LogP contribution in [0.15, 0.2) is 36.4 Å². The van der Waals surface area contributed by atoms with Gasteiger partial charge in [-0.25, -0.2) is 0 Å². The van der Waals surface area contributed by atoms with E-state index < -0.39 is 39.5 Å². The summed E-state index contributed by atoms with van der Waals surface area (Å²) in [6.45, 7) is 0. The van der Waals surface area contributed by atoms with Gasteiger partial charge in [-0.2, -0.15) is 17.2 Å². The van der Waals surface area contributed by atoms with Crippen LogP contribution in [0.1, 0.15) is 59.2 Å². The molecule has 0 saturated heterocycles. The zero-order valence-corrected chi connectivity index (χ0v) is 19.7. The van der Waals surface area contributed by atoms with Crippen LogP contribution in [0.3, 0.4) is 0 Å². The molecule has 5 aliphatic rings. The lowest BCUT2D eigenvalue weighted by Gasteiger charge is -2.39. The number of hydroxylamine groups is 2. The molecule has 7 atom stereocenters. The molecule has 4 bridgehead atoms. The van der Waals surface area contributed by atoms with E-state index in [-0.39, 0.29) is 22.1 Å². The summed E-state index contributed by atoms with van der Waals surface area (Å²) in [7, 11) is -5.58. The Labute approximate surface area is 201 Å². The Kier molecular flexibility index (Phi) is 4.43. The summed E-state index contributed by atoms with van der Waals surface area (Å²) >= 11 is 0. The first kappa shape index (κ1) is 21.9. The second-order valence-electron chi connectivity index (χ2n) is 11.1. The van der Waals surface area contributed by atoms with E-state index in [1.165, 1.54) is 25.0 Å². The van der Waals surface area contributed by atoms with Crippen LogP contribution in [0, 0.1) is 41.4 Å². The Bertz CT molecular complexity index is 1340. The summed E-state index contributed by atoms with van der Waals surface area (Å²) in [5, 5.41) is -3.26. The second-order valence-corrected chi connectivity index (χ2v) is 12.8. The Hall–Kier alpha value is -2.39. The molecule has 0 N–H and O–H groups in total. The molecule has 7 unspecified atom stereocenters. The van der Waals surface area contributed by atoms with Crippen molar-refractivity contribution in [2.45, 2.75) is 43.8 Å². The molecule has 35 heavy (non-hydrogen) atoms. The predicted octanol–water partition coefficient (Wildman–Crippen LogP) is 5.00. The molecule has 2 amide bonds. The number of nitrogens with zero attached hydrogens (tertiary/aromatic N) is 1. The number of alkyl halides is 2. The van der Waals surface area contributed by atoms with Gasteiger partial charge in [0.25, 0.3) is 11.8 Å². The maximum atomic E-state index is 15.3.